The molecule has 0 aromatic carbocycles. The fourth-order valence-electron chi connectivity index (χ4n) is 3.22. The molecule has 10 heteroatoms. The van der Waals surface area contributed by atoms with Crippen molar-refractivity contribution in [2.45, 2.75) is 31.9 Å². The monoisotopic (exact) mass is 376 g/mol. The normalized spacial score (nSPS) is 23.2. The van der Waals surface area contributed by atoms with Gasteiger partial charge in [-0.2, -0.15) is 5.10 Å². The number of hydrogen-bond acceptors (Lipinski definition) is 5. The van der Waals surface area contributed by atoms with Crippen molar-refractivity contribution in [2.75, 3.05) is 37.7 Å². The number of amides is 1. The summed E-state index contributed by atoms with van der Waals surface area (Å²) in [5, 5.41) is 4.24. The van der Waals surface area contributed by atoms with Gasteiger partial charge in [0.05, 0.1) is 37.0 Å². The van der Waals surface area contributed by atoms with Crippen molar-refractivity contribution in [1.29, 1.82) is 0 Å². The lowest BCUT2D eigenvalue weighted by Crippen LogP contribution is -2.58. The smallest absolute Gasteiger partial charge is 0.282 e. The Bertz CT molecular complexity index is 742. The van der Waals surface area contributed by atoms with Crippen LogP contribution in [0, 0.1) is 0 Å². The van der Waals surface area contributed by atoms with E-state index in [1.165, 1.54) is 0 Å². The first-order valence-corrected chi connectivity index (χ1v) is 10.1. The Kier molecular flexibility index (Phi) is 4.84. The first kappa shape index (κ1) is 18.2. The predicted octanol–water partition coefficient (Wildman–Crippen LogP) is 0.542. The molecule has 1 aromatic rings. The second-order valence-corrected chi connectivity index (χ2v) is 9.18. The van der Waals surface area contributed by atoms with Gasteiger partial charge in [-0.05, 0) is 6.07 Å². The van der Waals surface area contributed by atoms with E-state index < -0.39 is 28.8 Å². The number of rotatable bonds is 6. The fourth-order valence-corrected chi connectivity index (χ4v) is 4.04. The molecule has 0 aliphatic carbocycles. The third-order valence-electron chi connectivity index (χ3n) is 4.72. The van der Waals surface area contributed by atoms with Gasteiger partial charge in [-0.1, -0.05) is 6.92 Å². The molecule has 0 bridgehead atoms. The van der Waals surface area contributed by atoms with Crippen molar-refractivity contribution in [1.82, 2.24) is 19.6 Å². The lowest BCUT2D eigenvalue weighted by atomic mass is 10.1. The molecule has 2 aliphatic rings. The van der Waals surface area contributed by atoms with E-state index in [-0.39, 0.29) is 29.9 Å². The van der Waals surface area contributed by atoms with Gasteiger partial charge in [0.25, 0.3) is 5.92 Å². The van der Waals surface area contributed by atoms with Crippen LogP contribution >= 0.6 is 0 Å². The Morgan fingerprint density at radius 3 is 2.76 bits per heavy atom. The Morgan fingerprint density at radius 1 is 1.40 bits per heavy atom. The van der Waals surface area contributed by atoms with Gasteiger partial charge in [0.15, 0.2) is 9.84 Å². The molecule has 7 nitrogen and oxygen atoms in total. The molecule has 1 amide bonds. The van der Waals surface area contributed by atoms with Gasteiger partial charge in [0.2, 0.25) is 5.91 Å². The van der Waals surface area contributed by atoms with Crippen molar-refractivity contribution in [2.24, 2.45) is 0 Å². The number of hydrogen-bond donors (Lipinski definition) is 0. The first-order valence-electron chi connectivity index (χ1n) is 8.30. The largest absolute Gasteiger partial charge is 0.330 e. The van der Waals surface area contributed by atoms with E-state index >= 15 is 0 Å². The van der Waals surface area contributed by atoms with Crippen LogP contribution in [0.4, 0.5) is 8.78 Å². The number of sulfone groups is 1. The van der Waals surface area contributed by atoms with Crippen LogP contribution in [-0.2, 0) is 21.2 Å². The highest BCUT2D eigenvalue weighted by molar-refractivity contribution is 7.91. The molecule has 0 spiro atoms. The summed E-state index contributed by atoms with van der Waals surface area (Å²) in [5.74, 6) is -2.93. The SMILES string of the molecule is CCS(=O)(=O)CCN1Cc2ccnn2[C@@H](CC(=O)N2CC(F)(F)C2)C1. The quantitative estimate of drug-likeness (QED) is 0.725. The van der Waals surface area contributed by atoms with Crippen molar-refractivity contribution < 1.29 is 22.0 Å². The molecule has 140 valence electrons. The molecule has 0 N–H and O–H groups in total. The highest BCUT2D eigenvalue weighted by atomic mass is 32.2. The molecule has 25 heavy (non-hydrogen) atoms. The number of likely N-dealkylation sites (tertiary alicyclic amines) is 1. The van der Waals surface area contributed by atoms with Crippen LogP contribution in [0.1, 0.15) is 25.1 Å². The lowest BCUT2D eigenvalue weighted by molar-refractivity contribution is -0.166. The molecule has 2 aliphatic heterocycles. The zero-order chi connectivity index (χ0) is 18.2. The van der Waals surface area contributed by atoms with Crippen LogP contribution in [0.25, 0.3) is 0 Å². The zero-order valence-electron chi connectivity index (χ0n) is 14.1. The molecule has 1 aromatic heterocycles. The van der Waals surface area contributed by atoms with Gasteiger partial charge < -0.3 is 4.90 Å². The van der Waals surface area contributed by atoms with Crippen LogP contribution in [-0.4, -0.2) is 77.5 Å². The van der Waals surface area contributed by atoms with Crippen molar-refractivity contribution in [3.05, 3.63) is 18.0 Å². The highest BCUT2D eigenvalue weighted by Crippen LogP contribution is 2.29. The second kappa shape index (κ2) is 6.64. The maximum Gasteiger partial charge on any atom is 0.282 e. The average Bonchev–Trinajstić information content (AvgIpc) is 2.99. The summed E-state index contributed by atoms with van der Waals surface area (Å²) in [6.45, 7) is 1.99. The van der Waals surface area contributed by atoms with Crippen LogP contribution in [0.15, 0.2) is 12.3 Å². The molecule has 0 saturated carbocycles. The van der Waals surface area contributed by atoms with Gasteiger partial charge in [-0.25, -0.2) is 17.2 Å². The number of halogens is 2. The van der Waals surface area contributed by atoms with Crippen LogP contribution < -0.4 is 0 Å². The highest BCUT2D eigenvalue weighted by Gasteiger charge is 2.46. The topological polar surface area (TPSA) is 75.5 Å². The summed E-state index contributed by atoms with van der Waals surface area (Å²) in [7, 11) is -3.07. The van der Waals surface area contributed by atoms with Crippen LogP contribution in [0.2, 0.25) is 0 Å². The maximum absolute atomic E-state index is 12.9. The number of nitrogens with zero attached hydrogens (tertiary/aromatic N) is 4. The standard InChI is InChI=1S/C15H22F2N4O3S/c1-2-25(23,24)6-5-19-8-12-3-4-18-21(12)13(9-19)7-14(22)20-10-15(16,17)11-20/h3-4,13H,2,5-11H2,1H3/t13-/m0/s1. The number of aromatic nitrogens is 2. The molecule has 0 unspecified atom stereocenters. The minimum Gasteiger partial charge on any atom is -0.330 e. The lowest BCUT2D eigenvalue weighted by Gasteiger charge is -2.40. The van der Waals surface area contributed by atoms with E-state index in [0.717, 1.165) is 10.6 Å². The first-order chi connectivity index (χ1) is 11.7. The molecule has 1 saturated heterocycles. The molecule has 1 fully saturated rings. The van der Waals surface area contributed by atoms with Crippen molar-refractivity contribution in [3.63, 3.8) is 0 Å². The number of fused-ring (bicyclic) bond motifs is 1. The Morgan fingerprint density at radius 2 is 2.12 bits per heavy atom. The molecular formula is C15H22F2N4O3S. The van der Waals surface area contributed by atoms with Gasteiger partial charge in [-0.15, -0.1) is 0 Å². The Hall–Kier alpha value is -1.55. The molecular weight excluding hydrogens is 354 g/mol. The molecule has 3 heterocycles. The van der Waals surface area contributed by atoms with E-state index in [2.05, 4.69) is 5.10 Å². The number of carbonyl (C=O) groups is 1. The summed E-state index contributed by atoms with van der Waals surface area (Å²) < 4.78 is 51.1. The van der Waals surface area contributed by atoms with Crippen LogP contribution in [0.5, 0.6) is 0 Å². The molecule has 0 radical (unpaired) electrons. The van der Waals surface area contributed by atoms with E-state index in [0.29, 0.717) is 19.6 Å². The number of alkyl halides is 2. The Balaban J connectivity index is 1.64. The minimum atomic E-state index is -3.07. The zero-order valence-corrected chi connectivity index (χ0v) is 14.9. The van der Waals surface area contributed by atoms with E-state index in [1.54, 1.807) is 17.8 Å². The average molecular weight is 376 g/mol. The van der Waals surface area contributed by atoms with E-state index in [1.807, 2.05) is 11.0 Å². The third-order valence-corrected chi connectivity index (χ3v) is 6.40. The maximum atomic E-state index is 12.9. The summed E-state index contributed by atoms with van der Waals surface area (Å²) in [5.41, 5.74) is 0.895. The van der Waals surface area contributed by atoms with Gasteiger partial charge >= 0.3 is 0 Å². The molecule has 1 atom stereocenters. The summed E-state index contributed by atoms with van der Waals surface area (Å²) in [6.07, 6.45) is 1.72. The van der Waals surface area contributed by atoms with Crippen molar-refractivity contribution in [3.8, 4) is 0 Å². The summed E-state index contributed by atoms with van der Waals surface area (Å²) in [4.78, 5) is 15.4. The minimum absolute atomic E-state index is 0.0661. The van der Waals surface area contributed by atoms with Gasteiger partial charge in [0, 0.05) is 31.6 Å². The van der Waals surface area contributed by atoms with E-state index in [9.17, 15) is 22.0 Å². The number of carbonyl (C=O) groups excluding carboxylic acids is 1. The third kappa shape index (κ3) is 4.17. The van der Waals surface area contributed by atoms with Gasteiger partial charge in [0.1, 0.15) is 0 Å². The van der Waals surface area contributed by atoms with Crippen LogP contribution in [0.3, 0.4) is 0 Å². The predicted molar refractivity (Wildman–Crippen MR) is 87.0 cm³/mol. The second-order valence-electron chi connectivity index (χ2n) is 6.70. The van der Waals surface area contributed by atoms with E-state index in [4.69, 9.17) is 0 Å². The molecule has 3 rings (SSSR count). The summed E-state index contributed by atoms with van der Waals surface area (Å²) in [6, 6.07) is 1.56. The van der Waals surface area contributed by atoms with Crippen molar-refractivity contribution >= 4 is 15.7 Å². The Labute approximate surface area is 145 Å². The van der Waals surface area contributed by atoms with Gasteiger partial charge in [-0.3, -0.25) is 14.4 Å². The summed E-state index contributed by atoms with van der Waals surface area (Å²) >= 11 is 0. The fraction of sp³-hybridized carbons (Fsp3) is 0.733.